The fourth-order valence-corrected chi connectivity index (χ4v) is 2.63. The quantitative estimate of drug-likeness (QED) is 0.782. The Morgan fingerprint density at radius 1 is 1.33 bits per heavy atom. The number of aryl methyl sites for hydroxylation is 1. The number of para-hydroxylation sites is 1. The number of ether oxygens (including phenoxy) is 2. The van der Waals surface area contributed by atoms with Crippen LogP contribution in [0.1, 0.15) is 12.0 Å². The molecule has 1 heterocycles. The number of anilines is 1. The molecule has 1 aliphatic rings. The highest BCUT2D eigenvalue weighted by atomic mass is 32.2. The maximum Gasteiger partial charge on any atom is 0.331 e. The van der Waals surface area contributed by atoms with Crippen LogP contribution in [0.3, 0.4) is 0 Å². The average Bonchev–Trinajstić information content (AvgIpc) is 2.53. The van der Waals surface area contributed by atoms with Crippen molar-refractivity contribution in [1.29, 1.82) is 0 Å². The molecule has 0 fully saturated rings. The number of carbonyl (C=O) groups excluding carboxylic acids is 1. The highest BCUT2D eigenvalue weighted by Crippen LogP contribution is 2.26. The van der Waals surface area contributed by atoms with E-state index in [-0.39, 0.29) is 12.6 Å². The zero-order chi connectivity index (χ0) is 15.5. The van der Waals surface area contributed by atoms with E-state index in [1.807, 2.05) is 11.8 Å². The lowest BCUT2D eigenvalue weighted by Crippen LogP contribution is -2.31. The van der Waals surface area contributed by atoms with Gasteiger partial charge in [0.15, 0.2) is 0 Å². The molecule has 0 radical (unpaired) electrons. The predicted octanol–water partition coefficient (Wildman–Crippen LogP) is 2.61. The van der Waals surface area contributed by atoms with Crippen molar-refractivity contribution in [1.82, 2.24) is 0 Å². The van der Waals surface area contributed by atoms with Crippen molar-refractivity contribution in [2.45, 2.75) is 12.8 Å². The van der Waals surface area contributed by atoms with Crippen molar-refractivity contribution >= 4 is 23.4 Å². The second-order valence-corrected chi connectivity index (χ2v) is 5.71. The van der Waals surface area contributed by atoms with Crippen LogP contribution in [0.4, 0.5) is 5.69 Å². The lowest BCUT2D eigenvalue weighted by Gasteiger charge is -2.31. The van der Waals surface area contributed by atoms with Crippen LogP contribution in [0.15, 0.2) is 24.3 Å². The monoisotopic (exact) mass is 311 g/mol. The van der Waals surface area contributed by atoms with E-state index < -0.39 is 0 Å². The Morgan fingerprint density at radius 3 is 2.71 bits per heavy atom. The van der Waals surface area contributed by atoms with E-state index >= 15 is 0 Å². The molecule has 0 N–H and O–H groups in total. The van der Waals surface area contributed by atoms with E-state index in [9.17, 15) is 4.79 Å². The van der Waals surface area contributed by atoms with Crippen molar-refractivity contribution in [2.24, 2.45) is 0 Å². The number of hydrogen-bond donors (Lipinski definition) is 0. The zero-order valence-corrected chi connectivity index (χ0v) is 13.9. The molecule has 0 bridgehead atoms. The van der Waals surface area contributed by atoms with Gasteiger partial charge in [-0.2, -0.15) is 11.8 Å². The molecule has 0 saturated heterocycles. The maximum absolute atomic E-state index is 10.1. The molecule has 21 heavy (non-hydrogen) atoms. The molecule has 0 saturated carbocycles. The molecule has 1 aliphatic heterocycles. The van der Waals surface area contributed by atoms with E-state index in [2.05, 4.69) is 44.9 Å². The summed E-state index contributed by atoms with van der Waals surface area (Å²) in [5, 5.41) is 0. The van der Waals surface area contributed by atoms with Crippen LogP contribution in [0.5, 0.6) is 0 Å². The van der Waals surface area contributed by atoms with Gasteiger partial charge in [0.2, 0.25) is 0 Å². The first kappa shape index (κ1) is 17.9. The SMILES string of the molecule is COCC(=O)OC.CSCCN1CCCc2ccccc21. The molecule has 1 aromatic carbocycles. The number of methoxy groups -OCH3 is 2. The second-order valence-electron chi connectivity index (χ2n) is 4.72. The van der Waals surface area contributed by atoms with Crippen molar-refractivity contribution in [3.63, 3.8) is 0 Å². The van der Waals surface area contributed by atoms with Gasteiger partial charge < -0.3 is 14.4 Å². The molecule has 2 rings (SSSR count). The van der Waals surface area contributed by atoms with Gasteiger partial charge in [-0.3, -0.25) is 0 Å². The third kappa shape index (κ3) is 6.40. The third-order valence-electron chi connectivity index (χ3n) is 3.26. The van der Waals surface area contributed by atoms with Crippen molar-refractivity contribution in [3.05, 3.63) is 29.8 Å². The van der Waals surface area contributed by atoms with Crippen molar-refractivity contribution in [3.8, 4) is 0 Å². The number of rotatable bonds is 5. The lowest BCUT2D eigenvalue weighted by atomic mass is 10.0. The Labute approximate surface area is 131 Å². The summed E-state index contributed by atoms with van der Waals surface area (Å²) in [5.74, 6) is 0.886. The van der Waals surface area contributed by atoms with Gasteiger partial charge in [-0.25, -0.2) is 4.79 Å². The predicted molar refractivity (Wildman–Crippen MR) is 89.3 cm³/mol. The number of esters is 1. The molecule has 5 heteroatoms. The number of benzene rings is 1. The second kappa shape index (κ2) is 10.5. The molecule has 0 unspecified atom stereocenters. The highest BCUT2D eigenvalue weighted by molar-refractivity contribution is 7.98. The zero-order valence-electron chi connectivity index (χ0n) is 13.1. The Bertz CT molecular complexity index is 426. The number of carbonyl (C=O) groups is 1. The summed E-state index contributed by atoms with van der Waals surface area (Å²) < 4.78 is 8.65. The number of nitrogens with zero attached hydrogens (tertiary/aromatic N) is 1. The lowest BCUT2D eigenvalue weighted by molar-refractivity contribution is -0.144. The van der Waals surface area contributed by atoms with Crippen LogP contribution >= 0.6 is 11.8 Å². The van der Waals surface area contributed by atoms with E-state index in [0.29, 0.717) is 0 Å². The minimum atomic E-state index is -0.345. The summed E-state index contributed by atoms with van der Waals surface area (Å²) >= 11 is 1.93. The van der Waals surface area contributed by atoms with Crippen LogP contribution in [0.2, 0.25) is 0 Å². The van der Waals surface area contributed by atoms with Gasteiger partial charge in [0.25, 0.3) is 0 Å². The van der Waals surface area contributed by atoms with Gasteiger partial charge in [0.1, 0.15) is 6.61 Å². The third-order valence-corrected chi connectivity index (χ3v) is 3.85. The Hall–Kier alpha value is -1.20. The first-order valence-corrected chi connectivity index (χ1v) is 8.49. The summed E-state index contributed by atoms with van der Waals surface area (Å²) in [6.07, 6.45) is 4.74. The first-order chi connectivity index (χ1) is 10.2. The van der Waals surface area contributed by atoms with E-state index in [1.165, 1.54) is 57.2 Å². The first-order valence-electron chi connectivity index (χ1n) is 7.10. The topological polar surface area (TPSA) is 38.8 Å². The molecule has 1 aromatic rings. The van der Waals surface area contributed by atoms with Crippen LogP contribution < -0.4 is 4.90 Å². The van der Waals surface area contributed by atoms with Crippen LogP contribution in [-0.4, -0.2) is 51.9 Å². The van der Waals surface area contributed by atoms with E-state index in [1.54, 1.807) is 0 Å². The van der Waals surface area contributed by atoms with Gasteiger partial charge >= 0.3 is 5.97 Å². The van der Waals surface area contributed by atoms with Crippen LogP contribution in [0.25, 0.3) is 0 Å². The number of hydrogen-bond acceptors (Lipinski definition) is 5. The summed E-state index contributed by atoms with van der Waals surface area (Å²) in [7, 11) is 2.76. The fourth-order valence-electron chi connectivity index (χ4n) is 2.22. The average molecular weight is 311 g/mol. The summed E-state index contributed by atoms with van der Waals surface area (Å²) in [5.41, 5.74) is 2.99. The normalized spacial score (nSPS) is 13.0. The largest absolute Gasteiger partial charge is 0.467 e. The van der Waals surface area contributed by atoms with Gasteiger partial charge in [0, 0.05) is 31.6 Å². The van der Waals surface area contributed by atoms with Gasteiger partial charge in [-0.05, 0) is 30.7 Å². The molecule has 0 aliphatic carbocycles. The smallest absolute Gasteiger partial charge is 0.331 e. The highest BCUT2D eigenvalue weighted by Gasteiger charge is 2.14. The Kier molecular flexibility index (Phi) is 8.94. The molecule has 4 nitrogen and oxygen atoms in total. The molecular weight excluding hydrogens is 286 g/mol. The van der Waals surface area contributed by atoms with Crippen molar-refractivity contribution < 1.29 is 14.3 Å². The molecule has 0 aromatic heterocycles. The van der Waals surface area contributed by atoms with Gasteiger partial charge in [-0.1, -0.05) is 18.2 Å². The summed E-state index contributed by atoms with van der Waals surface area (Å²) in [6, 6.07) is 8.82. The Balaban J connectivity index is 0.000000270. The Morgan fingerprint density at radius 2 is 2.10 bits per heavy atom. The minimum absolute atomic E-state index is 0.0382. The fraction of sp³-hybridized carbons (Fsp3) is 0.562. The van der Waals surface area contributed by atoms with Crippen LogP contribution in [-0.2, 0) is 20.7 Å². The molecular formula is C16H25NO3S. The van der Waals surface area contributed by atoms with E-state index in [0.717, 1.165) is 0 Å². The van der Waals surface area contributed by atoms with Crippen LogP contribution in [0, 0.1) is 0 Å². The number of fused-ring (bicyclic) bond motifs is 1. The molecule has 0 amide bonds. The van der Waals surface area contributed by atoms with Gasteiger partial charge in [0.05, 0.1) is 7.11 Å². The van der Waals surface area contributed by atoms with E-state index in [4.69, 9.17) is 0 Å². The van der Waals surface area contributed by atoms with Gasteiger partial charge in [-0.15, -0.1) is 0 Å². The maximum atomic E-state index is 10.1. The summed E-state index contributed by atoms with van der Waals surface area (Å²) in [6.45, 7) is 2.46. The minimum Gasteiger partial charge on any atom is -0.467 e. The number of thioether (sulfide) groups is 1. The molecule has 0 atom stereocenters. The van der Waals surface area contributed by atoms with Crippen molar-refractivity contribution in [2.75, 3.05) is 50.8 Å². The standard InChI is InChI=1S/C12H17NS.C4H8O3/c1-14-10-9-13-8-4-6-11-5-2-3-7-12(11)13;1-6-3-4(5)7-2/h2-3,5,7H,4,6,8-10H2,1H3;3H2,1-2H3. The molecule has 118 valence electrons. The summed E-state index contributed by atoms with van der Waals surface area (Å²) in [4.78, 5) is 12.6. The molecule has 0 spiro atoms.